The summed E-state index contributed by atoms with van der Waals surface area (Å²) in [6.07, 6.45) is 0.813. The van der Waals surface area contributed by atoms with Crippen molar-refractivity contribution in [3.8, 4) is 0 Å². The molecule has 0 radical (unpaired) electrons. The highest BCUT2D eigenvalue weighted by Gasteiger charge is 2.14. The molecule has 1 aromatic carbocycles. The third kappa shape index (κ3) is 3.68. The molecule has 0 bridgehead atoms. The number of carbonyl (C=O) groups is 1. The van der Waals surface area contributed by atoms with Crippen molar-refractivity contribution in [1.29, 1.82) is 0 Å². The third-order valence-electron chi connectivity index (χ3n) is 2.62. The molecule has 0 fully saturated rings. The van der Waals surface area contributed by atoms with Crippen LogP contribution in [0.25, 0.3) is 0 Å². The minimum Gasteiger partial charge on any atom is -0.348 e. The number of hydrogen-bond donors (Lipinski definition) is 1. The zero-order valence-electron chi connectivity index (χ0n) is 10.0. The molecule has 0 saturated carbocycles. The van der Waals surface area contributed by atoms with Gasteiger partial charge in [-0.25, -0.2) is 0 Å². The maximum Gasteiger partial charge on any atom is 0.217 e. The normalized spacial score (nSPS) is 12.1. The van der Waals surface area contributed by atoms with Crippen LogP contribution < -0.4 is 5.32 Å². The van der Waals surface area contributed by atoms with E-state index in [1.165, 1.54) is 10.4 Å². The van der Waals surface area contributed by atoms with Crippen LogP contribution in [-0.2, 0) is 11.2 Å². The van der Waals surface area contributed by atoms with Crippen LogP contribution >= 0.6 is 27.3 Å². The Balaban J connectivity index is 2.15. The molecule has 0 saturated heterocycles. The van der Waals surface area contributed by atoms with Gasteiger partial charge in [-0.3, -0.25) is 4.79 Å². The van der Waals surface area contributed by atoms with Gasteiger partial charge in [-0.2, -0.15) is 0 Å². The third-order valence-corrected chi connectivity index (χ3v) is 4.13. The molecule has 1 atom stereocenters. The average Bonchev–Trinajstić information content (AvgIpc) is 2.84. The first-order valence-corrected chi connectivity index (χ1v) is 7.37. The van der Waals surface area contributed by atoms with E-state index in [0.29, 0.717) is 0 Å². The lowest BCUT2D eigenvalue weighted by atomic mass is 10.0. The number of carbonyl (C=O) groups excluding carboxylic acids is 1. The first kappa shape index (κ1) is 13.3. The molecule has 1 heterocycles. The number of amides is 1. The molecule has 2 aromatic rings. The Labute approximate surface area is 119 Å². The Morgan fingerprint density at radius 3 is 2.61 bits per heavy atom. The Morgan fingerprint density at radius 2 is 2.06 bits per heavy atom. The second kappa shape index (κ2) is 6.16. The highest BCUT2D eigenvalue weighted by atomic mass is 79.9. The Hall–Kier alpha value is -1.13. The van der Waals surface area contributed by atoms with Gasteiger partial charge in [0.2, 0.25) is 5.91 Å². The summed E-state index contributed by atoms with van der Waals surface area (Å²) >= 11 is 5.09. The molecule has 0 aliphatic heterocycles. The SMILES string of the molecule is CC(=O)NC(Cc1ccc(Br)cc1)c1cccs1. The minimum atomic E-state index is 0.00510. The van der Waals surface area contributed by atoms with E-state index >= 15 is 0 Å². The molecule has 2 rings (SSSR count). The molecule has 94 valence electrons. The zero-order chi connectivity index (χ0) is 13.0. The van der Waals surface area contributed by atoms with Crippen LogP contribution in [0.5, 0.6) is 0 Å². The lowest BCUT2D eigenvalue weighted by Crippen LogP contribution is -2.26. The number of nitrogens with one attached hydrogen (secondary N) is 1. The van der Waals surface area contributed by atoms with E-state index in [9.17, 15) is 4.79 Å². The molecular weight excluding hydrogens is 310 g/mol. The molecule has 0 spiro atoms. The molecule has 2 nitrogen and oxygen atoms in total. The maximum absolute atomic E-state index is 11.3. The van der Waals surface area contributed by atoms with Gasteiger partial charge in [0.15, 0.2) is 0 Å². The summed E-state index contributed by atoms with van der Waals surface area (Å²) in [6, 6.07) is 12.3. The smallest absolute Gasteiger partial charge is 0.217 e. The van der Waals surface area contributed by atoms with Gasteiger partial charge in [0.25, 0.3) is 0 Å². The molecular formula is C14H14BrNOS. The number of thiophene rings is 1. The fourth-order valence-electron chi connectivity index (χ4n) is 1.81. The molecule has 1 unspecified atom stereocenters. The van der Waals surface area contributed by atoms with Crippen LogP contribution in [0.15, 0.2) is 46.3 Å². The van der Waals surface area contributed by atoms with Crippen LogP contribution in [0.1, 0.15) is 23.4 Å². The first-order chi connectivity index (χ1) is 8.65. The van der Waals surface area contributed by atoms with Gasteiger partial charge in [0.05, 0.1) is 6.04 Å². The van der Waals surface area contributed by atoms with Crippen molar-refractivity contribution in [3.05, 3.63) is 56.7 Å². The average molecular weight is 324 g/mol. The van der Waals surface area contributed by atoms with Crippen LogP contribution in [0.4, 0.5) is 0 Å². The quantitative estimate of drug-likeness (QED) is 0.907. The van der Waals surface area contributed by atoms with Crippen molar-refractivity contribution < 1.29 is 4.79 Å². The summed E-state index contributed by atoms with van der Waals surface area (Å²) < 4.78 is 1.07. The summed E-state index contributed by atoms with van der Waals surface area (Å²) in [6.45, 7) is 1.56. The van der Waals surface area contributed by atoms with Gasteiger partial charge in [-0.05, 0) is 35.6 Å². The Morgan fingerprint density at radius 1 is 1.33 bits per heavy atom. The van der Waals surface area contributed by atoms with Gasteiger partial charge in [0, 0.05) is 16.3 Å². The van der Waals surface area contributed by atoms with E-state index in [0.717, 1.165) is 10.9 Å². The number of hydrogen-bond acceptors (Lipinski definition) is 2. The van der Waals surface area contributed by atoms with Crippen molar-refractivity contribution in [2.75, 3.05) is 0 Å². The van der Waals surface area contributed by atoms with Crippen LogP contribution in [0.2, 0.25) is 0 Å². The van der Waals surface area contributed by atoms with Gasteiger partial charge in [-0.1, -0.05) is 34.1 Å². The number of halogens is 1. The monoisotopic (exact) mass is 323 g/mol. The van der Waals surface area contributed by atoms with Crippen LogP contribution in [-0.4, -0.2) is 5.91 Å². The Bertz CT molecular complexity index is 507. The largest absolute Gasteiger partial charge is 0.348 e. The summed E-state index contributed by atoms with van der Waals surface area (Å²) in [5, 5.41) is 5.04. The van der Waals surface area contributed by atoms with Gasteiger partial charge in [0.1, 0.15) is 0 Å². The lowest BCUT2D eigenvalue weighted by Gasteiger charge is -2.16. The molecule has 1 N–H and O–H groups in total. The molecule has 0 aliphatic carbocycles. The van der Waals surface area contributed by atoms with Crippen molar-refractivity contribution in [2.45, 2.75) is 19.4 Å². The minimum absolute atomic E-state index is 0.00510. The second-order valence-electron chi connectivity index (χ2n) is 4.10. The fourth-order valence-corrected chi connectivity index (χ4v) is 2.86. The highest BCUT2D eigenvalue weighted by molar-refractivity contribution is 9.10. The lowest BCUT2D eigenvalue weighted by molar-refractivity contribution is -0.119. The number of rotatable bonds is 4. The van der Waals surface area contributed by atoms with Gasteiger partial charge in [-0.15, -0.1) is 11.3 Å². The maximum atomic E-state index is 11.3. The number of benzene rings is 1. The predicted octanol–water partition coefficient (Wildman–Crippen LogP) is 3.93. The molecule has 1 aromatic heterocycles. The fraction of sp³-hybridized carbons (Fsp3) is 0.214. The van der Waals surface area contributed by atoms with Crippen LogP contribution in [0, 0.1) is 0 Å². The molecule has 0 aliphatic rings. The highest BCUT2D eigenvalue weighted by Crippen LogP contribution is 2.23. The van der Waals surface area contributed by atoms with E-state index in [1.54, 1.807) is 18.3 Å². The van der Waals surface area contributed by atoms with Crippen molar-refractivity contribution in [2.24, 2.45) is 0 Å². The topological polar surface area (TPSA) is 29.1 Å². The summed E-state index contributed by atoms with van der Waals surface area (Å²) in [4.78, 5) is 12.5. The van der Waals surface area contributed by atoms with Gasteiger partial charge >= 0.3 is 0 Å². The first-order valence-electron chi connectivity index (χ1n) is 5.70. The predicted molar refractivity (Wildman–Crippen MR) is 78.7 cm³/mol. The van der Waals surface area contributed by atoms with E-state index in [4.69, 9.17) is 0 Å². The summed E-state index contributed by atoms with van der Waals surface area (Å²) in [5.41, 5.74) is 1.21. The summed E-state index contributed by atoms with van der Waals surface area (Å²) in [7, 11) is 0. The standard InChI is InChI=1S/C14H14BrNOS/c1-10(17)16-13(14-3-2-8-18-14)9-11-4-6-12(15)7-5-11/h2-8,13H,9H2,1H3,(H,16,17). The second-order valence-corrected chi connectivity index (χ2v) is 5.99. The van der Waals surface area contributed by atoms with E-state index in [1.807, 2.05) is 23.6 Å². The molecule has 4 heteroatoms. The van der Waals surface area contributed by atoms with Crippen molar-refractivity contribution in [1.82, 2.24) is 5.32 Å². The van der Waals surface area contributed by atoms with Crippen molar-refractivity contribution in [3.63, 3.8) is 0 Å². The van der Waals surface area contributed by atoms with E-state index in [2.05, 4.69) is 39.4 Å². The molecule has 18 heavy (non-hydrogen) atoms. The van der Waals surface area contributed by atoms with E-state index < -0.39 is 0 Å². The van der Waals surface area contributed by atoms with E-state index in [-0.39, 0.29) is 11.9 Å². The Kier molecular flexibility index (Phi) is 4.55. The van der Waals surface area contributed by atoms with Crippen molar-refractivity contribution >= 4 is 33.2 Å². The summed E-state index contributed by atoms with van der Waals surface area (Å²) in [5.74, 6) is 0.00510. The zero-order valence-corrected chi connectivity index (χ0v) is 12.4. The van der Waals surface area contributed by atoms with Gasteiger partial charge < -0.3 is 5.32 Å². The molecule has 1 amide bonds. The van der Waals surface area contributed by atoms with Crippen LogP contribution in [0.3, 0.4) is 0 Å².